The van der Waals surface area contributed by atoms with Gasteiger partial charge in [0.05, 0.1) is 18.8 Å². The van der Waals surface area contributed by atoms with Crippen LogP contribution in [0.1, 0.15) is 36.2 Å². The van der Waals surface area contributed by atoms with E-state index in [2.05, 4.69) is 15.2 Å². The summed E-state index contributed by atoms with van der Waals surface area (Å²) in [7, 11) is -2.79. The van der Waals surface area contributed by atoms with Gasteiger partial charge in [0.25, 0.3) is 0 Å². The van der Waals surface area contributed by atoms with Gasteiger partial charge in [0.1, 0.15) is 17.5 Å². The van der Waals surface area contributed by atoms with Gasteiger partial charge in [0.2, 0.25) is 0 Å². The number of aromatic amines is 1. The minimum Gasteiger partial charge on any atom is -0.380 e. The van der Waals surface area contributed by atoms with E-state index in [1.165, 1.54) is 12.1 Å². The summed E-state index contributed by atoms with van der Waals surface area (Å²) >= 11 is 0. The molecule has 0 saturated carbocycles. The van der Waals surface area contributed by atoms with Crippen LogP contribution >= 0.6 is 0 Å². The van der Waals surface area contributed by atoms with Crippen LogP contribution in [0.4, 0.5) is 18.9 Å². The molecule has 3 heterocycles. The van der Waals surface area contributed by atoms with E-state index in [4.69, 9.17) is 0 Å². The van der Waals surface area contributed by atoms with E-state index >= 15 is 8.78 Å². The molecule has 0 spiro atoms. The van der Waals surface area contributed by atoms with Gasteiger partial charge in [-0.1, -0.05) is 18.2 Å². The molecule has 6 nitrogen and oxygen atoms in total. The topological polar surface area (TPSA) is 68.4 Å². The van der Waals surface area contributed by atoms with Crippen LogP contribution < -0.4 is 5.32 Å². The van der Waals surface area contributed by atoms with Crippen LogP contribution in [0.2, 0.25) is 0 Å². The van der Waals surface area contributed by atoms with E-state index in [-0.39, 0.29) is 30.2 Å². The normalized spacial score (nSPS) is 21.4. The molecule has 188 valence electrons. The highest BCUT2D eigenvalue weighted by molar-refractivity contribution is 7.72. The van der Waals surface area contributed by atoms with Gasteiger partial charge < -0.3 is 10.3 Å². The highest BCUT2D eigenvalue weighted by Crippen LogP contribution is 2.42. The van der Waals surface area contributed by atoms with E-state index in [0.29, 0.717) is 43.9 Å². The quantitative estimate of drug-likeness (QED) is 0.406. The maximum atomic E-state index is 15.6. The molecule has 1 fully saturated rings. The number of hydrogen-bond donors (Lipinski definition) is 3. The molecule has 0 aliphatic carbocycles. The van der Waals surface area contributed by atoms with E-state index in [1.807, 2.05) is 31.2 Å². The van der Waals surface area contributed by atoms with E-state index < -0.39 is 28.4 Å². The summed E-state index contributed by atoms with van der Waals surface area (Å²) in [6, 6.07) is 9.13. The van der Waals surface area contributed by atoms with Crippen molar-refractivity contribution in [2.75, 3.05) is 37.5 Å². The Hall–Kier alpha value is -2.56. The van der Waals surface area contributed by atoms with Crippen LogP contribution in [0.5, 0.6) is 0 Å². The van der Waals surface area contributed by atoms with Crippen molar-refractivity contribution in [3.05, 3.63) is 64.9 Å². The molecular weight excluding hydrogens is 477 g/mol. The summed E-state index contributed by atoms with van der Waals surface area (Å²) < 4.78 is 66.9. The van der Waals surface area contributed by atoms with E-state index in [9.17, 15) is 12.8 Å². The first-order chi connectivity index (χ1) is 16.9. The van der Waals surface area contributed by atoms with Crippen molar-refractivity contribution in [2.24, 2.45) is 0 Å². The largest absolute Gasteiger partial charge is 0.380 e. The molecule has 2 aliphatic heterocycles. The lowest BCUT2D eigenvalue weighted by molar-refractivity contribution is 0.155. The van der Waals surface area contributed by atoms with Crippen molar-refractivity contribution >= 4 is 27.3 Å². The Morgan fingerprint density at radius 1 is 1.14 bits per heavy atom. The van der Waals surface area contributed by atoms with Crippen LogP contribution in [0, 0.1) is 11.6 Å². The third-order valence-electron chi connectivity index (χ3n) is 7.08. The van der Waals surface area contributed by atoms with Gasteiger partial charge in [-0.3, -0.25) is 14.2 Å². The molecule has 0 unspecified atom stereocenters. The molecule has 2 N–H and O–H groups in total. The van der Waals surface area contributed by atoms with Gasteiger partial charge in [0, 0.05) is 53.5 Å². The number of H-pyrrole nitrogens is 1. The van der Waals surface area contributed by atoms with Crippen LogP contribution in [0.25, 0.3) is 10.9 Å². The van der Waals surface area contributed by atoms with Crippen LogP contribution in [0.3, 0.4) is 0 Å². The molecule has 1 saturated heterocycles. The van der Waals surface area contributed by atoms with Crippen LogP contribution in [0.15, 0.2) is 36.4 Å². The zero-order valence-electron chi connectivity index (χ0n) is 19.4. The highest BCUT2D eigenvalue weighted by Gasteiger charge is 2.39. The first-order valence-electron chi connectivity index (χ1n) is 11.9. The van der Waals surface area contributed by atoms with Gasteiger partial charge in [-0.05, 0) is 43.5 Å². The van der Waals surface area contributed by atoms with Crippen LogP contribution in [-0.4, -0.2) is 67.5 Å². The summed E-state index contributed by atoms with van der Waals surface area (Å²) in [5.74, 6) is -1.75. The van der Waals surface area contributed by atoms with E-state index in [0.717, 1.165) is 16.5 Å². The molecule has 2 atom stereocenters. The van der Waals surface area contributed by atoms with Crippen molar-refractivity contribution in [2.45, 2.75) is 37.9 Å². The molecule has 35 heavy (non-hydrogen) atoms. The van der Waals surface area contributed by atoms with Crippen molar-refractivity contribution in [1.82, 2.24) is 14.8 Å². The lowest BCUT2D eigenvalue weighted by Crippen LogP contribution is -2.54. The van der Waals surface area contributed by atoms with Crippen molar-refractivity contribution in [3.8, 4) is 0 Å². The molecule has 10 heteroatoms. The molecule has 1 aromatic heterocycles. The van der Waals surface area contributed by atoms with Gasteiger partial charge in [-0.2, -0.15) is 0 Å². The fourth-order valence-corrected chi connectivity index (χ4v) is 6.17. The van der Waals surface area contributed by atoms with E-state index in [1.54, 1.807) is 4.90 Å². The van der Waals surface area contributed by atoms with Crippen molar-refractivity contribution in [3.63, 3.8) is 0 Å². The Kier molecular flexibility index (Phi) is 6.78. The summed E-state index contributed by atoms with van der Waals surface area (Å²) in [4.78, 5) is 7.04. The smallest absolute Gasteiger partial charge is 0.153 e. The van der Waals surface area contributed by atoms with Crippen molar-refractivity contribution in [1.29, 1.82) is 0 Å². The second kappa shape index (κ2) is 9.83. The fraction of sp³-hybridized carbons (Fsp3) is 0.440. The number of anilines is 1. The fourth-order valence-electron chi connectivity index (χ4n) is 5.46. The molecule has 0 amide bonds. The molecule has 0 bridgehead atoms. The first kappa shape index (κ1) is 24.1. The maximum absolute atomic E-state index is 15.6. The highest BCUT2D eigenvalue weighted by atomic mass is 32.2. The average Bonchev–Trinajstić information content (AvgIpc) is 3.14. The summed E-state index contributed by atoms with van der Waals surface area (Å²) in [6.07, 6.45) is 1.05. The standard InChI is InChI=1S/C25H29F3N4O2S/c1-15-9-19-18-5-2-3-6-22(18)30-24(19)25(32(15)14-35(33)34)23-20(27)10-16(11-21(23)28)29-17-12-31(13-17)8-4-7-26/h2-3,5-6,10-11,15,17,25,29-30,35H,4,7-9,12-14H2,1H3/t15-,25+/m1/s1. The third kappa shape index (κ3) is 4.66. The Balaban J connectivity index is 1.49. The predicted octanol–water partition coefficient (Wildman–Crippen LogP) is 3.81. The monoisotopic (exact) mass is 506 g/mol. The Bertz CT molecular complexity index is 1270. The maximum Gasteiger partial charge on any atom is 0.153 e. The number of thiol groups is 1. The number of fused-ring (bicyclic) bond motifs is 3. The minimum atomic E-state index is -2.79. The Labute approximate surface area is 204 Å². The molecule has 0 radical (unpaired) electrons. The Morgan fingerprint density at radius 3 is 2.54 bits per heavy atom. The molecule has 5 rings (SSSR count). The lowest BCUT2D eigenvalue weighted by Gasteiger charge is -2.41. The third-order valence-corrected chi connectivity index (χ3v) is 7.64. The van der Waals surface area contributed by atoms with Gasteiger partial charge in [-0.25, -0.2) is 17.2 Å². The number of nitrogens with zero attached hydrogens (tertiary/aromatic N) is 2. The SMILES string of the molecule is C[C@@H]1Cc2c([nH]c3ccccc23)[C@H](c2c(F)cc(NC3CN(CCCF)C3)cc2F)N1C[SH](=O)=O. The predicted molar refractivity (Wildman–Crippen MR) is 131 cm³/mol. The molecule has 3 aromatic rings. The number of aromatic nitrogens is 1. The first-order valence-corrected chi connectivity index (χ1v) is 13.2. The summed E-state index contributed by atoms with van der Waals surface area (Å²) in [5, 5.41) is 4.13. The molecule has 2 aromatic carbocycles. The summed E-state index contributed by atoms with van der Waals surface area (Å²) in [6.45, 7) is 3.57. The second-order valence-corrected chi connectivity index (χ2v) is 10.5. The minimum absolute atomic E-state index is 0.0373. The second-order valence-electron chi connectivity index (χ2n) is 9.50. The summed E-state index contributed by atoms with van der Waals surface area (Å²) in [5.41, 5.74) is 2.61. The van der Waals surface area contributed by atoms with Crippen molar-refractivity contribution < 1.29 is 21.6 Å². The Morgan fingerprint density at radius 2 is 1.86 bits per heavy atom. The zero-order valence-corrected chi connectivity index (χ0v) is 20.3. The number of likely N-dealkylation sites (tertiary alicyclic amines) is 1. The number of alkyl halides is 1. The lowest BCUT2D eigenvalue weighted by atomic mass is 9.88. The zero-order chi connectivity index (χ0) is 24.7. The molecular formula is C25H29F3N4O2S. The van der Waals surface area contributed by atoms with Crippen LogP contribution in [-0.2, 0) is 17.1 Å². The number of para-hydroxylation sites is 1. The van der Waals surface area contributed by atoms with Gasteiger partial charge in [0.15, 0.2) is 10.7 Å². The number of halogens is 3. The number of rotatable bonds is 8. The molecule has 2 aliphatic rings. The number of benzene rings is 2. The van der Waals surface area contributed by atoms with Gasteiger partial charge >= 0.3 is 0 Å². The average molecular weight is 507 g/mol. The number of nitrogens with one attached hydrogen (secondary N) is 2. The number of hydrogen-bond acceptors (Lipinski definition) is 5. The van der Waals surface area contributed by atoms with Gasteiger partial charge in [-0.15, -0.1) is 0 Å².